The van der Waals surface area contributed by atoms with Gasteiger partial charge in [0.15, 0.2) is 0 Å². The highest BCUT2D eigenvalue weighted by atomic mass is 16.3. The Kier molecular flexibility index (Phi) is 4.91. The van der Waals surface area contributed by atoms with Crippen molar-refractivity contribution < 1.29 is 8.83 Å². The lowest BCUT2D eigenvalue weighted by Gasteiger charge is -2.23. The first-order chi connectivity index (χ1) is 23.5. The molecule has 3 nitrogen and oxygen atoms in total. The fourth-order valence-electron chi connectivity index (χ4n) is 8.41. The summed E-state index contributed by atoms with van der Waals surface area (Å²) in [5, 5.41) is 7.03. The predicted molar refractivity (Wildman–Crippen MR) is 198 cm³/mol. The summed E-state index contributed by atoms with van der Waals surface area (Å²) < 4.78 is 14.9. The molecule has 3 heteroatoms. The molecule has 0 aliphatic heterocycles. The van der Waals surface area contributed by atoms with Crippen LogP contribution in [0.3, 0.4) is 0 Å². The van der Waals surface area contributed by atoms with Crippen LogP contribution in [0.1, 0.15) is 25.0 Å². The van der Waals surface area contributed by atoms with Gasteiger partial charge >= 0.3 is 0 Å². The molecule has 0 amide bonds. The van der Waals surface area contributed by atoms with Gasteiger partial charge in [-0.2, -0.15) is 0 Å². The minimum atomic E-state index is -0.171. The molecule has 0 spiro atoms. The molecular formula is C45H29NO2. The molecule has 3 heterocycles. The van der Waals surface area contributed by atoms with Crippen molar-refractivity contribution in [3.63, 3.8) is 0 Å². The largest absolute Gasteiger partial charge is 0.456 e. The zero-order chi connectivity index (χ0) is 31.7. The van der Waals surface area contributed by atoms with Gasteiger partial charge in [0.25, 0.3) is 0 Å². The molecular weight excluding hydrogens is 587 g/mol. The summed E-state index contributed by atoms with van der Waals surface area (Å²) in [5.74, 6) is 0. The van der Waals surface area contributed by atoms with Crippen LogP contribution in [0.5, 0.6) is 0 Å². The Labute approximate surface area is 276 Å². The minimum absolute atomic E-state index is 0.171. The Morgan fingerprint density at radius 2 is 1.00 bits per heavy atom. The quantitative estimate of drug-likeness (QED) is 0.194. The fourth-order valence-corrected chi connectivity index (χ4v) is 8.41. The van der Waals surface area contributed by atoms with Crippen LogP contribution >= 0.6 is 0 Å². The molecule has 3 aromatic heterocycles. The number of hydrogen-bond acceptors (Lipinski definition) is 2. The highest BCUT2D eigenvalue weighted by Crippen LogP contribution is 2.51. The summed E-state index contributed by atoms with van der Waals surface area (Å²) in [6.07, 6.45) is 0. The number of rotatable bonds is 2. The zero-order valence-electron chi connectivity index (χ0n) is 26.5. The molecule has 1 aliphatic carbocycles. The Morgan fingerprint density at radius 1 is 0.417 bits per heavy atom. The second-order valence-corrected chi connectivity index (χ2v) is 13.7. The van der Waals surface area contributed by atoms with Gasteiger partial charge in [0.1, 0.15) is 22.3 Å². The maximum absolute atomic E-state index is 6.31. The maximum Gasteiger partial charge on any atom is 0.136 e. The Morgan fingerprint density at radius 3 is 1.79 bits per heavy atom. The molecule has 0 saturated heterocycles. The van der Waals surface area contributed by atoms with Gasteiger partial charge in [-0.05, 0) is 94.0 Å². The van der Waals surface area contributed by atoms with Crippen LogP contribution in [0.2, 0.25) is 0 Å². The predicted octanol–water partition coefficient (Wildman–Crippen LogP) is 12.6. The fraction of sp³-hybridized carbons (Fsp3) is 0.0667. The first kappa shape index (κ1) is 26.1. The van der Waals surface area contributed by atoms with Crippen LogP contribution in [0.4, 0.5) is 0 Å². The number of aromatic nitrogens is 1. The summed E-state index contributed by atoms with van der Waals surface area (Å²) in [4.78, 5) is 0. The van der Waals surface area contributed by atoms with Crippen molar-refractivity contribution >= 4 is 65.7 Å². The van der Waals surface area contributed by atoms with E-state index in [2.05, 4.69) is 140 Å². The monoisotopic (exact) mass is 615 g/mol. The van der Waals surface area contributed by atoms with Crippen molar-refractivity contribution in [1.82, 2.24) is 4.57 Å². The van der Waals surface area contributed by atoms with E-state index in [4.69, 9.17) is 8.83 Å². The highest BCUT2D eigenvalue weighted by molar-refractivity contribution is 6.17. The lowest BCUT2D eigenvalue weighted by atomic mass is 9.81. The van der Waals surface area contributed by atoms with E-state index in [-0.39, 0.29) is 5.41 Å². The molecule has 0 atom stereocenters. The third kappa shape index (κ3) is 3.38. The number of benzene rings is 7. The molecule has 0 unspecified atom stereocenters. The molecule has 0 fully saturated rings. The smallest absolute Gasteiger partial charge is 0.136 e. The van der Waals surface area contributed by atoms with E-state index in [0.717, 1.165) is 43.9 Å². The SMILES string of the molecule is CC1(C)c2cc(-c3ccc4oc5ccccc5c4c3)ccc2-c2ccc(-n3c4ccccc4c4cc5oc6ccccc6c5cc43)cc21. The van der Waals surface area contributed by atoms with E-state index < -0.39 is 0 Å². The van der Waals surface area contributed by atoms with Crippen molar-refractivity contribution in [1.29, 1.82) is 0 Å². The van der Waals surface area contributed by atoms with Crippen LogP contribution in [0.15, 0.2) is 148 Å². The van der Waals surface area contributed by atoms with E-state index in [1.54, 1.807) is 0 Å². The minimum Gasteiger partial charge on any atom is -0.456 e. The second-order valence-electron chi connectivity index (χ2n) is 13.7. The summed E-state index contributed by atoms with van der Waals surface area (Å²) in [6, 6.07) is 50.5. The lowest BCUT2D eigenvalue weighted by molar-refractivity contribution is 0.660. The molecule has 7 aromatic carbocycles. The average Bonchev–Trinajstić information content (AvgIpc) is 3.83. The topological polar surface area (TPSA) is 31.2 Å². The Balaban J connectivity index is 1.08. The van der Waals surface area contributed by atoms with E-state index in [1.807, 2.05) is 18.2 Å². The van der Waals surface area contributed by atoms with Crippen LogP contribution in [-0.2, 0) is 5.41 Å². The lowest BCUT2D eigenvalue weighted by Crippen LogP contribution is -2.15. The van der Waals surface area contributed by atoms with Crippen molar-refractivity contribution in [2.75, 3.05) is 0 Å². The molecule has 226 valence electrons. The van der Waals surface area contributed by atoms with Crippen LogP contribution in [0.25, 0.3) is 93.6 Å². The number of fused-ring (bicyclic) bond motifs is 12. The van der Waals surface area contributed by atoms with Crippen molar-refractivity contribution in [3.05, 3.63) is 151 Å². The maximum atomic E-state index is 6.31. The second kappa shape index (κ2) is 9.05. The van der Waals surface area contributed by atoms with Crippen molar-refractivity contribution in [2.45, 2.75) is 19.3 Å². The molecule has 1 aliphatic rings. The van der Waals surface area contributed by atoms with Gasteiger partial charge in [-0.1, -0.05) is 92.7 Å². The van der Waals surface area contributed by atoms with Gasteiger partial charge in [0.2, 0.25) is 0 Å². The zero-order valence-corrected chi connectivity index (χ0v) is 26.5. The summed E-state index contributed by atoms with van der Waals surface area (Å²) in [6.45, 7) is 4.73. The average molecular weight is 616 g/mol. The number of nitrogens with zero attached hydrogens (tertiary/aromatic N) is 1. The molecule has 0 N–H and O–H groups in total. The van der Waals surface area contributed by atoms with Crippen LogP contribution in [-0.4, -0.2) is 4.57 Å². The molecule has 11 rings (SSSR count). The van der Waals surface area contributed by atoms with Gasteiger partial charge in [-0.25, -0.2) is 0 Å². The normalized spacial score (nSPS) is 13.8. The molecule has 48 heavy (non-hydrogen) atoms. The summed E-state index contributed by atoms with van der Waals surface area (Å²) in [7, 11) is 0. The van der Waals surface area contributed by atoms with Gasteiger partial charge in [0, 0.05) is 43.4 Å². The van der Waals surface area contributed by atoms with E-state index in [9.17, 15) is 0 Å². The first-order valence-electron chi connectivity index (χ1n) is 16.6. The Bertz CT molecular complexity index is 2980. The third-order valence-corrected chi connectivity index (χ3v) is 10.8. The van der Waals surface area contributed by atoms with Gasteiger partial charge in [-0.15, -0.1) is 0 Å². The number of hydrogen-bond donors (Lipinski definition) is 0. The standard InChI is InChI=1S/C45H29NO2/c1-45(2)37-22-27(26-16-20-43-35(21-26)32-10-4-7-13-41(32)47-43)15-18-29(37)30-19-17-28(23-38(30)45)46-39-12-6-3-9-31(39)34-25-44-36(24-40(34)46)33-11-5-8-14-42(33)48-44/h3-25H,1-2H3. The summed E-state index contributed by atoms with van der Waals surface area (Å²) >= 11 is 0. The number of para-hydroxylation sites is 3. The van der Waals surface area contributed by atoms with Gasteiger partial charge in [0.05, 0.1) is 11.0 Å². The first-order valence-corrected chi connectivity index (χ1v) is 16.6. The van der Waals surface area contributed by atoms with E-state index in [0.29, 0.717) is 0 Å². The third-order valence-electron chi connectivity index (χ3n) is 10.8. The van der Waals surface area contributed by atoms with E-state index >= 15 is 0 Å². The van der Waals surface area contributed by atoms with Crippen molar-refractivity contribution in [3.8, 4) is 27.9 Å². The summed E-state index contributed by atoms with van der Waals surface area (Å²) in [5.41, 5.74) is 14.8. The van der Waals surface area contributed by atoms with Crippen LogP contribution in [0, 0.1) is 0 Å². The van der Waals surface area contributed by atoms with Gasteiger partial charge in [-0.3, -0.25) is 0 Å². The van der Waals surface area contributed by atoms with Crippen molar-refractivity contribution in [2.24, 2.45) is 0 Å². The highest BCUT2D eigenvalue weighted by Gasteiger charge is 2.36. The van der Waals surface area contributed by atoms with E-state index in [1.165, 1.54) is 60.9 Å². The molecule has 0 bridgehead atoms. The van der Waals surface area contributed by atoms with Crippen LogP contribution < -0.4 is 0 Å². The Hall–Kier alpha value is -6.06. The molecule has 10 aromatic rings. The molecule has 0 saturated carbocycles. The van der Waals surface area contributed by atoms with Gasteiger partial charge < -0.3 is 13.4 Å². The molecule has 0 radical (unpaired) electrons. The number of furan rings is 2.